The first-order chi connectivity index (χ1) is 13.4. The van der Waals surface area contributed by atoms with Gasteiger partial charge in [0.2, 0.25) is 15.9 Å². The van der Waals surface area contributed by atoms with Crippen molar-refractivity contribution in [1.29, 1.82) is 0 Å². The zero-order valence-electron chi connectivity index (χ0n) is 15.0. The summed E-state index contributed by atoms with van der Waals surface area (Å²) in [6.45, 7) is 0.904. The number of ether oxygens (including phenoxy) is 1. The number of halogens is 1. The predicted octanol–water partition coefficient (Wildman–Crippen LogP) is 2.95. The first kappa shape index (κ1) is 18.5. The summed E-state index contributed by atoms with van der Waals surface area (Å²) >= 11 is 0. The molecule has 1 N–H and O–H groups in total. The predicted molar refractivity (Wildman–Crippen MR) is 105 cm³/mol. The van der Waals surface area contributed by atoms with E-state index in [-0.39, 0.29) is 18.0 Å². The van der Waals surface area contributed by atoms with Crippen LogP contribution in [-0.2, 0) is 21.2 Å². The molecule has 2 aliphatic rings. The van der Waals surface area contributed by atoms with E-state index in [9.17, 15) is 17.6 Å². The van der Waals surface area contributed by atoms with E-state index in [1.54, 1.807) is 6.08 Å². The van der Waals surface area contributed by atoms with Crippen LogP contribution in [0.15, 0.2) is 42.5 Å². The van der Waals surface area contributed by atoms with E-state index >= 15 is 0 Å². The van der Waals surface area contributed by atoms with Gasteiger partial charge in [-0.15, -0.1) is 0 Å². The molecule has 0 aliphatic carbocycles. The Kier molecular flexibility index (Phi) is 4.80. The van der Waals surface area contributed by atoms with Gasteiger partial charge in [-0.1, -0.05) is 6.07 Å². The van der Waals surface area contributed by atoms with Gasteiger partial charge < -0.3 is 10.1 Å². The summed E-state index contributed by atoms with van der Waals surface area (Å²) in [5, 5.41) is 2.64. The third-order valence-electron chi connectivity index (χ3n) is 4.72. The number of benzene rings is 2. The summed E-state index contributed by atoms with van der Waals surface area (Å²) < 4.78 is 44.7. The van der Waals surface area contributed by atoms with Crippen LogP contribution in [0.5, 0.6) is 5.75 Å². The highest BCUT2D eigenvalue weighted by molar-refractivity contribution is 7.93. The van der Waals surface area contributed by atoms with Crippen molar-refractivity contribution in [2.75, 3.05) is 28.5 Å². The third kappa shape index (κ3) is 3.73. The molecular weight excluding hydrogens is 383 g/mol. The number of hydrogen-bond donors (Lipinski definition) is 1. The number of carbonyl (C=O) groups is 1. The maximum absolute atomic E-state index is 14.1. The number of rotatable bonds is 4. The lowest BCUT2D eigenvalue weighted by atomic mass is 10.1. The zero-order valence-corrected chi connectivity index (χ0v) is 15.8. The lowest BCUT2D eigenvalue weighted by Gasteiger charge is -2.18. The van der Waals surface area contributed by atoms with Crippen LogP contribution in [0.25, 0.3) is 6.08 Å². The molecule has 8 heteroatoms. The second kappa shape index (κ2) is 7.27. The average Bonchev–Trinajstić information content (AvgIpc) is 3.26. The number of sulfonamides is 1. The fourth-order valence-corrected chi connectivity index (χ4v) is 4.92. The lowest BCUT2D eigenvalue weighted by Crippen LogP contribution is -2.26. The molecule has 0 radical (unpaired) electrons. The van der Waals surface area contributed by atoms with E-state index in [4.69, 9.17) is 4.74 Å². The second-order valence-corrected chi connectivity index (χ2v) is 8.71. The molecule has 28 heavy (non-hydrogen) atoms. The highest BCUT2D eigenvalue weighted by Gasteiger charge is 2.30. The number of fused-ring (bicyclic) bond motifs is 1. The number of amides is 1. The van der Waals surface area contributed by atoms with Gasteiger partial charge in [0, 0.05) is 24.7 Å². The average molecular weight is 402 g/mol. The van der Waals surface area contributed by atoms with E-state index in [0.29, 0.717) is 18.7 Å². The minimum absolute atomic E-state index is 0.00240. The van der Waals surface area contributed by atoms with Crippen LogP contribution in [0.1, 0.15) is 17.5 Å². The Morgan fingerprint density at radius 2 is 2.07 bits per heavy atom. The molecule has 6 nitrogen and oxygen atoms in total. The van der Waals surface area contributed by atoms with Crippen molar-refractivity contribution in [1.82, 2.24) is 0 Å². The molecule has 2 aliphatic heterocycles. The Morgan fingerprint density at radius 1 is 1.21 bits per heavy atom. The fraction of sp³-hybridized carbons (Fsp3) is 0.250. The molecule has 0 saturated carbocycles. The SMILES string of the molecule is O=C(/C=C/c1ccc2c(c1)CCO2)Nc1ccc(F)c(N2CCCS2(=O)=O)c1. The van der Waals surface area contributed by atoms with Gasteiger partial charge in [0.05, 0.1) is 18.0 Å². The highest BCUT2D eigenvalue weighted by Crippen LogP contribution is 2.29. The summed E-state index contributed by atoms with van der Waals surface area (Å²) in [4.78, 5) is 12.2. The van der Waals surface area contributed by atoms with E-state index in [0.717, 1.165) is 33.7 Å². The molecule has 1 fully saturated rings. The third-order valence-corrected chi connectivity index (χ3v) is 6.58. The summed E-state index contributed by atoms with van der Waals surface area (Å²) in [5.74, 6) is -0.160. The van der Waals surface area contributed by atoms with Crippen LogP contribution in [0, 0.1) is 5.82 Å². The fourth-order valence-electron chi connectivity index (χ4n) is 3.36. The summed E-state index contributed by atoms with van der Waals surface area (Å²) in [7, 11) is -3.50. The van der Waals surface area contributed by atoms with E-state index in [1.807, 2.05) is 18.2 Å². The highest BCUT2D eigenvalue weighted by atomic mass is 32.2. The molecule has 146 valence electrons. The number of carbonyl (C=O) groups excluding carboxylic acids is 1. The molecule has 0 bridgehead atoms. The molecule has 0 spiro atoms. The quantitative estimate of drug-likeness (QED) is 0.798. The maximum Gasteiger partial charge on any atom is 0.248 e. The maximum atomic E-state index is 14.1. The molecule has 0 aromatic heterocycles. The minimum Gasteiger partial charge on any atom is -0.493 e. The topological polar surface area (TPSA) is 75.7 Å². The van der Waals surface area contributed by atoms with Gasteiger partial charge in [0.25, 0.3) is 0 Å². The molecule has 2 heterocycles. The minimum atomic E-state index is -3.50. The first-order valence-corrected chi connectivity index (χ1v) is 10.6. The van der Waals surface area contributed by atoms with Crippen LogP contribution < -0.4 is 14.4 Å². The number of nitrogens with zero attached hydrogens (tertiary/aromatic N) is 1. The van der Waals surface area contributed by atoms with Gasteiger partial charge in [0.15, 0.2) is 0 Å². The van der Waals surface area contributed by atoms with Gasteiger partial charge in [-0.25, -0.2) is 12.8 Å². The molecule has 2 aromatic carbocycles. The van der Waals surface area contributed by atoms with Crippen molar-refractivity contribution >= 4 is 33.4 Å². The van der Waals surface area contributed by atoms with Crippen LogP contribution in [0.2, 0.25) is 0 Å². The summed E-state index contributed by atoms with van der Waals surface area (Å²) in [6, 6.07) is 9.62. The van der Waals surface area contributed by atoms with Crippen LogP contribution >= 0.6 is 0 Å². The van der Waals surface area contributed by atoms with Crippen LogP contribution in [-0.4, -0.2) is 33.2 Å². The molecule has 0 unspecified atom stereocenters. The van der Waals surface area contributed by atoms with Crippen molar-refractivity contribution in [3.8, 4) is 5.75 Å². The molecular formula is C20H19FN2O4S. The molecule has 2 aromatic rings. The van der Waals surface area contributed by atoms with Gasteiger partial charge in [-0.2, -0.15) is 0 Å². The smallest absolute Gasteiger partial charge is 0.248 e. The van der Waals surface area contributed by atoms with Crippen molar-refractivity contribution < 1.29 is 22.3 Å². The monoisotopic (exact) mass is 402 g/mol. The van der Waals surface area contributed by atoms with Crippen LogP contribution in [0.3, 0.4) is 0 Å². The first-order valence-electron chi connectivity index (χ1n) is 8.97. The van der Waals surface area contributed by atoms with E-state index in [2.05, 4.69) is 5.32 Å². The normalized spacial score (nSPS) is 17.5. The molecule has 1 amide bonds. The van der Waals surface area contributed by atoms with Crippen molar-refractivity contribution in [2.45, 2.75) is 12.8 Å². The molecule has 0 atom stereocenters. The zero-order chi connectivity index (χ0) is 19.7. The van der Waals surface area contributed by atoms with E-state index in [1.165, 1.54) is 18.2 Å². The Morgan fingerprint density at radius 3 is 2.86 bits per heavy atom. The Labute approximate surface area is 162 Å². The van der Waals surface area contributed by atoms with Crippen LogP contribution in [0.4, 0.5) is 15.8 Å². The van der Waals surface area contributed by atoms with Crippen molar-refractivity contribution in [3.05, 3.63) is 59.4 Å². The summed E-state index contributed by atoms with van der Waals surface area (Å²) in [5.41, 5.74) is 2.27. The van der Waals surface area contributed by atoms with Gasteiger partial charge in [0.1, 0.15) is 11.6 Å². The van der Waals surface area contributed by atoms with Gasteiger partial charge >= 0.3 is 0 Å². The molecule has 1 saturated heterocycles. The second-order valence-electron chi connectivity index (χ2n) is 6.70. The standard InChI is InChI=1S/C20H19FN2O4S/c21-17-5-4-16(13-18(17)23-9-1-11-28(23,25)26)22-20(24)7-3-14-2-6-19-15(12-14)8-10-27-19/h2-7,12-13H,1,8-11H2,(H,22,24)/b7-3+. The van der Waals surface area contributed by atoms with Gasteiger partial charge in [-0.05, 0) is 54.0 Å². The summed E-state index contributed by atoms with van der Waals surface area (Å²) in [6.07, 6.45) is 4.37. The number of anilines is 2. The lowest BCUT2D eigenvalue weighted by molar-refractivity contribution is -0.111. The van der Waals surface area contributed by atoms with Crippen molar-refractivity contribution in [3.63, 3.8) is 0 Å². The van der Waals surface area contributed by atoms with Crippen molar-refractivity contribution in [2.24, 2.45) is 0 Å². The Hall–Kier alpha value is -2.87. The largest absolute Gasteiger partial charge is 0.493 e. The number of nitrogens with one attached hydrogen (secondary N) is 1. The molecule has 4 rings (SSSR count). The van der Waals surface area contributed by atoms with Gasteiger partial charge in [-0.3, -0.25) is 9.10 Å². The number of hydrogen-bond acceptors (Lipinski definition) is 4. The Balaban J connectivity index is 1.48. The van der Waals surface area contributed by atoms with E-state index < -0.39 is 21.7 Å². The Bertz CT molecular complexity index is 1070.